The standard InChI is InChI=1S/C15H21N3O4S/c1-17(13-3-9-23(20,21)11-13)15(19)14-10-12(2-4-16-14)18-5-7-22-8-6-18/h2,4,10,13H,3,5-9,11H2,1H3. The predicted octanol–water partition coefficient (Wildman–Crippen LogP) is 0.177. The molecule has 2 aliphatic rings. The molecule has 0 saturated carbocycles. The summed E-state index contributed by atoms with van der Waals surface area (Å²) < 4.78 is 28.5. The van der Waals surface area contributed by atoms with Crippen LogP contribution in [-0.4, -0.2) is 75.1 Å². The number of anilines is 1. The van der Waals surface area contributed by atoms with Crippen molar-refractivity contribution >= 4 is 21.4 Å². The molecule has 1 atom stereocenters. The van der Waals surface area contributed by atoms with Crippen LogP contribution in [0.25, 0.3) is 0 Å². The highest BCUT2D eigenvalue weighted by atomic mass is 32.2. The number of rotatable bonds is 3. The van der Waals surface area contributed by atoms with Crippen molar-refractivity contribution in [2.75, 3.05) is 49.8 Å². The van der Waals surface area contributed by atoms with Crippen LogP contribution in [-0.2, 0) is 14.6 Å². The average molecular weight is 339 g/mol. The summed E-state index contributed by atoms with van der Waals surface area (Å²) in [7, 11) is -1.37. The van der Waals surface area contributed by atoms with E-state index in [0.717, 1.165) is 18.8 Å². The van der Waals surface area contributed by atoms with Crippen molar-refractivity contribution in [3.05, 3.63) is 24.0 Å². The highest BCUT2D eigenvalue weighted by Gasteiger charge is 2.33. The molecule has 23 heavy (non-hydrogen) atoms. The van der Waals surface area contributed by atoms with Gasteiger partial charge in [0.15, 0.2) is 9.84 Å². The number of hydrogen-bond acceptors (Lipinski definition) is 6. The summed E-state index contributed by atoms with van der Waals surface area (Å²) in [5.74, 6) is -0.0447. The first-order chi connectivity index (χ1) is 11.0. The summed E-state index contributed by atoms with van der Waals surface area (Å²) >= 11 is 0. The lowest BCUT2D eigenvalue weighted by molar-refractivity contribution is 0.0742. The van der Waals surface area contributed by atoms with Gasteiger partial charge in [-0.3, -0.25) is 9.78 Å². The summed E-state index contributed by atoms with van der Waals surface area (Å²) in [5, 5.41) is 0. The lowest BCUT2D eigenvalue weighted by atomic mass is 10.2. The molecule has 3 rings (SSSR count). The largest absolute Gasteiger partial charge is 0.378 e. The molecular formula is C15H21N3O4S. The van der Waals surface area contributed by atoms with E-state index in [9.17, 15) is 13.2 Å². The zero-order valence-corrected chi connectivity index (χ0v) is 14.0. The molecule has 0 aliphatic carbocycles. The summed E-state index contributed by atoms with van der Waals surface area (Å²) in [6.07, 6.45) is 2.12. The van der Waals surface area contributed by atoms with Gasteiger partial charge in [-0.1, -0.05) is 0 Å². The van der Waals surface area contributed by atoms with Crippen molar-refractivity contribution in [3.8, 4) is 0 Å². The third-order valence-electron chi connectivity index (χ3n) is 4.42. The molecule has 2 fully saturated rings. The maximum Gasteiger partial charge on any atom is 0.272 e. The van der Waals surface area contributed by atoms with Crippen LogP contribution < -0.4 is 4.90 Å². The Kier molecular flexibility index (Phi) is 4.54. The maximum atomic E-state index is 12.6. The lowest BCUT2D eigenvalue weighted by Crippen LogP contribution is -2.39. The number of carbonyl (C=O) groups excluding carboxylic acids is 1. The van der Waals surface area contributed by atoms with Gasteiger partial charge in [0.1, 0.15) is 5.69 Å². The molecule has 3 heterocycles. The van der Waals surface area contributed by atoms with Crippen molar-refractivity contribution in [2.45, 2.75) is 12.5 Å². The van der Waals surface area contributed by atoms with Crippen LogP contribution >= 0.6 is 0 Å². The Morgan fingerprint density at radius 2 is 2.13 bits per heavy atom. The number of nitrogens with zero attached hydrogens (tertiary/aromatic N) is 3. The fourth-order valence-corrected chi connectivity index (χ4v) is 4.76. The van der Waals surface area contributed by atoms with Crippen molar-refractivity contribution in [1.29, 1.82) is 0 Å². The highest BCUT2D eigenvalue weighted by molar-refractivity contribution is 7.91. The Morgan fingerprint density at radius 1 is 1.39 bits per heavy atom. The third kappa shape index (κ3) is 3.64. The van der Waals surface area contributed by atoms with E-state index < -0.39 is 9.84 Å². The molecule has 1 aromatic rings. The molecule has 1 unspecified atom stereocenters. The van der Waals surface area contributed by atoms with Gasteiger partial charge in [0.2, 0.25) is 0 Å². The van der Waals surface area contributed by atoms with E-state index in [2.05, 4.69) is 9.88 Å². The minimum Gasteiger partial charge on any atom is -0.378 e. The van der Waals surface area contributed by atoms with Gasteiger partial charge in [0, 0.05) is 38.1 Å². The zero-order valence-electron chi connectivity index (χ0n) is 13.1. The predicted molar refractivity (Wildman–Crippen MR) is 86.4 cm³/mol. The van der Waals surface area contributed by atoms with Crippen molar-refractivity contribution in [2.24, 2.45) is 0 Å². The van der Waals surface area contributed by atoms with Gasteiger partial charge < -0.3 is 14.5 Å². The molecule has 126 valence electrons. The number of morpholine rings is 1. The second-order valence-electron chi connectivity index (χ2n) is 5.97. The molecular weight excluding hydrogens is 318 g/mol. The first kappa shape index (κ1) is 16.2. The Morgan fingerprint density at radius 3 is 2.78 bits per heavy atom. The lowest BCUT2D eigenvalue weighted by Gasteiger charge is -2.29. The molecule has 0 N–H and O–H groups in total. The molecule has 2 aliphatic heterocycles. The molecule has 0 bridgehead atoms. The van der Waals surface area contributed by atoms with Gasteiger partial charge >= 0.3 is 0 Å². The maximum absolute atomic E-state index is 12.6. The van der Waals surface area contributed by atoms with Crippen LogP contribution in [0.3, 0.4) is 0 Å². The van der Waals surface area contributed by atoms with Crippen LogP contribution in [0, 0.1) is 0 Å². The smallest absolute Gasteiger partial charge is 0.272 e. The van der Waals surface area contributed by atoms with Crippen molar-refractivity contribution in [3.63, 3.8) is 0 Å². The van der Waals surface area contributed by atoms with Crippen LogP contribution in [0.1, 0.15) is 16.9 Å². The molecule has 1 aromatic heterocycles. The number of sulfone groups is 1. The molecule has 0 spiro atoms. The second kappa shape index (κ2) is 6.45. The van der Waals surface area contributed by atoms with Gasteiger partial charge in [0.25, 0.3) is 5.91 Å². The Hall–Kier alpha value is -1.67. The van der Waals surface area contributed by atoms with Gasteiger partial charge in [-0.05, 0) is 18.6 Å². The van der Waals surface area contributed by atoms with Gasteiger partial charge in [-0.15, -0.1) is 0 Å². The Balaban J connectivity index is 1.74. The number of pyridine rings is 1. The normalized spacial score (nSPS) is 23.7. The topological polar surface area (TPSA) is 79.8 Å². The molecule has 8 heteroatoms. The van der Waals surface area contributed by atoms with Crippen LogP contribution in [0.5, 0.6) is 0 Å². The van der Waals surface area contributed by atoms with Crippen LogP contribution in [0.2, 0.25) is 0 Å². The second-order valence-corrected chi connectivity index (χ2v) is 8.20. The van der Waals surface area contributed by atoms with Crippen molar-refractivity contribution in [1.82, 2.24) is 9.88 Å². The number of hydrogen-bond donors (Lipinski definition) is 0. The third-order valence-corrected chi connectivity index (χ3v) is 6.17. The first-order valence-corrected chi connectivity index (χ1v) is 9.55. The van der Waals surface area contributed by atoms with E-state index >= 15 is 0 Å². The van der Waals surface area contributed by atoms with Gasteiger partial charge in [-0.25, -0.2) is 8.42 Å². The van der Waals surface area contributed by atoms with Crippen molar-refractivity contribution < 1.29 is 17.9 Å². The number of ether oxygens (including phenoxy) is 1. The fraction of sp³-hybridized carbons (Fsp3) is 0.600. The molecule has 7 nitrogen and oxygen atoms in total. The SMILES string of the molecule is CN(C(=O)c1cc(N2CCOCC2)ccn1)C1CCS(=O)(=O)C1. The van der Waals surface area contributed by atoms with E-state index in [4.69, 9.17) is 4.74 Å². The summed E-state index contributed by atoms with van der Waals surface area (Å²) in [4.78, 5) is 20.4. The molecule has 1 amide bonds. The highest BCUT2D eigenvalue weighted by Crippen LogP contribution is 2.20. The van der Waals surface area contributed by atoms with Crippen LogP contribution in [0.4, 0.5) is 5.69 Å². The number of carbonyl (C=O) groups is 1. The Bertz CT molecular complexity index is 686. The van der Waals surface area contributed by atoms with E-state index in [0.29, 0.717) is 25.3 Å². The van der Waals surface area contributed by atoms with E-state index in [1.165, 1.54) is 4.90 Å². The van der Waals surface area contributed by atoms with E-state index in [-0.39, 0.29) is 23.5 Å². The van der Waals surface area contributed by atoms with E-state index in [1.807, 2.05) is 6.07 Å². The fourth-order valence-electron chi connectivity index (χ4n) is 2.98. The number of aromatic nitrogens is 1. The Labute approximate surface area is 136 Å². The molecule has 0 radical (unpaired) electrons. The van der Waals surface area contributed by atoms with Gasteiger partial charge in [-0.2, -0.15) is 0 Å². The number of amides is 1. The quantitative estimate of drug-likeness (QED) is 0.781. The minimum atomic E-state index is -3.02. The van der Waals surface area contributed by atoms with E-state index in [1.54, 1.807) is 19.3 Å². The monoisotopic (exact) mass is 339 g/mol. The summed E-state index contributed by atoms with van der Waals surface area (Å²) in [6.45, 7) is 2.92. The molecule has 2 saturated heterocycles. The zero-order chi connectivity index (χ0) is 16.4. The van der Waals surface area contributed by atoms with Crippen LogP contribution in [0.15, 0.2) is 18.3 Å². The minimum absolute atomic E-state index is 0.0401. The first-order valence-electron chi connectivity index (χ1n) is 7.72. The average Bonchev–Trinajstić information content (AvgIpc) is 2.94. The molecule has 0 aromatic carbocycles. The van der Waals surface area contributed by atoms with Gasteiger partial charge in [0.05, 0.1) is 24.7 Å². The summed E-state index contributed by atoms with van der Waals surface area (Å²) in [6, 6.07) is 3.39. The summed E-state index contributed by atoms with van der Waals surface area (Å²) in [5.41, 5.74) is 1.29.